The number of piperazine rings is 1. The highest BCUT2D eigenvalue weighted by Gasteiger charge is 2.27. The SMILES string of the molecule is Cc1nn2c(N3CC[NH+](Cc4ccc(Cl)c(Cl)c4)CC3)cc(C(C)(C)C)nc2c1-c1ccc(Cl)cc1. The summed E-state index contributed by atoms with van der Waals surface area (Å²) in [5, 5.41) is 6.90. The van der Waals surface area contributed by atoms with Crippen LogP contribution in [0.15, 0.2) is 48.5 Å². The minimum Gasteiger partial charge on any atom is -0.345 e. The molecule has 0 spiro atoms. The first kappa shape index (κ1) is 25.3. The van der Waals surface area contributed by atoms with Gasteiger partial charge in [0.05, 0.1) is 47.6 Å². The molecule has 1 fully saturated rings. The van der Waals surface area contributed by atoms with E-state index in [0.29, 0.717) is 10.0 Å². The molecule has 3 heterocycles. The third-order valence-corrected chi connectivity index (χ3v) is 7.87. The van der Waals surface area contributed by atoms with Gasteiger partial charge in [-0.15, -0.1) is 0 Å². The molecular weight excluding hydrogens is 513 g/mol. The highest BCUT2D eigenvalue weighted by molar-refractivity contribution is 6.42. The summed E-state index contributed by atoms with van der Waals surface area (Å²) in [6.07, 6.45) is 0. The van der Waals surface area contributed by atoms with Crippen LogP contribution in [0.25, 0.3) is 16.8 Å². The molecule has 1 aliphatic heterocycles. The Morgan fingerprint density at radius 1 is 0.917 bits per heavy atom. The monoisotopic (exact) mass is 542 g/mol. The Hall–Kier alpha value is -2.31. The number of fused-ring (bicyclic) bond motifs is 1. The first-order valence-corrected chi connectivity index (χ1v) is 13.4. The maximum absolute atomic E-state index is 6.24. The van der Waals surface area contributed by atoms with Gasteiger partial charge >= 0.3 is 0 Å². The van der Waals surface area contributed by atoms with E-state index in [1.807, 2.05) is 40.9 Å². The molecule has 1 saturated heterocycles. The number of hydrogen-bond donors (Lipinski definition) is 1. The lowest BCUT2D eigenvalue weighted by Crippen LogP contribution is -3.13. The minimum absolute atomic E-state index is 0.0904. The Morgan fingerprint density at radius 2 is 1.61 bits per heavy atom. The number of hydrogen-bond acceptors (Lipinski definition) is 3. The van der Waals surface area contributed by atoms with Gasteiger partial charge in [-0.3, -0.25) is 0 Å². The zero-order valence-corrected chi connectivity index (χ0v) is 23.3. The maximum Gasteiger partial charge on any atom is 0.165 e. The number of nitrogens with one attached hydrogen (secondary N) is 1. The van der Waals surface area contributed by atoms with Crippen LogP contribution in [0.5, 0.6) is 0 Å². The van der Waals surface area contributed by atoms with E-state index in [1.54, 1.807) is 0 Å². The van der Waals surface area contributed by atoms with Crippen LogP contribution in [0.2, 0.25) is 15.1 Å². The predicted octanol–water partition coefficient (Wildman–Crippen LogP) is 5.87. The molecule has 0 unspecified atom stereocenters. The largest absolute Gasteiger partial charge is 0.345 e. The van der Waals surface area contributed by atoms with Crippen LogP contribution in [0.1, 0.15) is 37.7 Å². The fourth-order valence-corrected chi connectivity index (χ4v) is 5.29. The van der Waals surface area contributed by atoms with Crippen LogP contribution in [-0.2, 0) is 12.0 Å². The average molecular weight is 544 g/mol. The molecule has 188 valence electrons. The van der Waals surface area contributed by atoms with Crippen molar-refractivity contribution in [3.05, 3.63) is 80.6 Å². The van der Waals surface area contributed by atoms with E-state index in [9.17, 15) is 0 Å². The Labute approximate surface area is 227 Å². The van der Waals surface area contributed by atoms with Crippen molar-refractivity contribution in [2.45, 2.75) is 39.7 Å². The summed E-state index contributed by atoms with van der Waals surface area (Å²) in [5.74, 6) is 1.10. The molecule has 36 heavy (non-hydrogen) atoms. The third kappa shape index (κ3) is 5.08. The van der Waals surface area contributed by atoms with Gasteiger partial charge in [0.1, 0.15) is 12.4 Å². The molecule has 4 aromatic rings. The highest BCUT2D eigenvalue weighted by Crippen LogP contribution is 2.33. The zero-order chi connectivity index (χ0) is 25.6. The molecule has 0 amide bonds. The Kier molecular flexibility index (Phi) is 6.94. The van der Waals surface area contributed by atoms with Crippen molar-refractivity contribution < 1.29 is 4.90 Å². The molecule has 5 rings (SSSR count). The number of rotatable bonds is 4. The normalized spacial score (nSPS) is 15.1. The number of anilines is 1. The van der Waals surface area contributed by atoms with Crippen molar-refractivity contribution in [2.75, 3.05) is 31.1 Å². The zero-order valence-electron chi connectivity index (χ0n) is 21.1. The smallest absolute Gasteiger partial charge is 0.165 e. The van der Waals surface area contributed by atoms with Crippen LogP contribution in [0.4, 0.5) is 5.82 Å². The van der Waals surface area contributed by atoms with Crippen LogP contribution >= 0.6 is 34.8 Å². The van der Waals surface area contributed by atoms with Crippen molar-refractivity contribution in [1.29, 1.82) is 0 Å². The van der Waals surface area contributed by atoms with E-state index in [-0.39, 0.29) is 5.41 Å². The number of benzene rings is 2. The number of quaternary nitrogens is 1. The van der Waals surface area contributed by atoms with Crippen LogP contribution in [0.3, 0.4) is 0 Å². The van der Waals surface area contributed by atoms with Gasteiger partial charge in [-0.1, -0.05) is 73.8 Å². The first-order valence-electron chi connectivity index (χ1n) is 12.3. The lowest BCUT2D eigenvalue weighted by Gasteiger charge is -2.34. The summed E-state index contributed by atoms with van der Waals surface area (Å²) in [7, 11) is 0. The van der Waals surface area contributed by atoms with E-state index in [1.165, 1.54) is 10.5 Å². The first-order chi connectivity index (χ1) is 17.1. The summed E-state index contributed by atoms with van der Waals surface area (Å²) in [5.41, 5.74) is 6.17. The Bertz CT molecular complexity index is 1400. The quantitative estimate of drug-likeness (QED) is 0.350. The summed E-state index contributed by atoms with van der Waals surface area (Å²) >= 11 is 18.5. The van der Waals surface area contributed by atoms with Gasteiger partial charge in [-0.25, -0.2) is 4.98 Å². The van der Waals surface area contributed by atoms with Gasteiger partial charge in [-0.2, -0.15) is 9.61 Å². The summed E-state index contributed by atoms with van der Waals surface area (Å²) < 4.78 is 2.03. The summed E-state index contributed by atoms with van der Waals surface area (Å²) in [6, 6.07) is 16.1. The maximum atomic E-state index is 6.24. The fraction of sp³-hybridized carbons (Fsp3) is 0.357. The molecule has 0 atom stereocenters. The second kappa shape index (κ2) is 9.86. The molecule has 0 bridgehead atoms. The van der Waals surface area contributed by atoms with Crippen molar-refractivity contribution in [3.8, 4) is 11.1 Å². The lowest BCUT2D eigenvalue weighted by molar-refractivity contribution is -0.914. The van der Waals surface area contributed by atoms with E-state index >= 15 is 0 Å². The Balaban J connectivity index is 1.47. The van der Waals surface area contributed by atoms with Gasteiger partial charge in [-0.05, 0) is 36.8 Å². The van der Waals surface area contributed by atoms with Crippen molar-refractivity contribution in [2.24, 2.45) is 0 Å². The number of halogens is 3. The van der Waals surface area contributed by atoms with Gasteiger partial charge in [0, 0.05) is 27.6 Å². The average Bonchev–Trinajstić information content (AvgIpc) is 3.17. The number of aromatic nitrogens is 3. The van der Waals surface area contributed by atoms with Crippen molar-refractivity contribution in [3.63, 3.8) is 0 Å². The molecular formula is C28H31Cl3N5+. The highest BCUT2D eigenvalue weighted by atomic mass is 35.5. The molecule has 0 radical (unpaired) electrons. The van der Waals surface area contributed by atoms with E-state index in [2.05, 4.69) is 44.7 Å². The molecule has 0 aliphatic carbocycles. The summed E-state index contributed by atoms with van der Waals surface area (Å²) in [6.45, 7) is 13.5. The topological polar surface area (TPSA) is 37.9 Å². The van der Waals surface area contributed by atoms with Crippen LogP contribution in [0, 0.1) is 6.92 Å². The van der Waals surface area contributed by atoms with Crippen molar-refractivity contribution in [1.82, 2.24) is 14.6 Å². The third-order valence-electron chi connectivity index (χ3n) is 6.88. The summed E-state index contributed by atoms with van der Waals surface area (Å²) in [4.78, 5) is 9.10. The lowest BCUT2D eigenvalue weighted by atomic mass is 9.91. The van der Waals surface area contributed by atoms with Crippen molar-refractivity contribution >= 4 is 46.3 Å². The van der Waals surface area contributed by atoms with E-state index < -0.39 is 0 Å². The minimum atomic E-state index is -0.0904. The number of nitrogens with zero attached hydrogens (tertiary/aromatic N) is 4. The molecule has 2 aromatic heterocycles. The van der Waals surface area contributed by atoms with Crippen LogP contribution in [-0.4, -0.2) is 40.8 Å². The Morgan fingerprint density at radius 3 is 2.25 bits per heavy atom. The van der Waals surface area contributed by atoms with Gasteiger partial charge in [0.15, 0.2) is 5.65 Å². The number of aryl methyl sites for hydroxylation is 1. The second-order valence-corrected chi connectivity index (χ2v) is 11.9. The van der Waals surface area contributed by atoms with E-state index in [0.717, 1.165) is 71.7 Å². The second-order valence-electron chi connectivity index (χ2n) is 10.6. The van der Waals surface area contributed by atoms with E-state index in [4.69, 9.17) is 44.9 Å². The van der Waals surface area contributed by atoms with Gasteiger partial charge < -0.3 is 9.80 Å². The molecule has 2 aromatic carbocycles. The molecule has 1 aliphatic rings. The molecule has 0 saturated carbocycles. The molecule has 5 nitrogen and oxygen atoms in total. The van der Waals surface area contributed by atoms with Gasteiger partial charge in [0.2, 0.25) is 0 Å². The predicted molar refractivity (Wildman–Crippen MR) is 150 cm³/mol. The standard InChI is InChI=1S/C28H30Cl3N5/c1-18-26(20-6-8-21(29)9-7-20)27-32-24(28(2,3)4)16-25(36(27)33-18)35-13-11-34(12-14-35)17-19-5-10-22(30)23(31)15-19/h5-10,15-16H,11-14,17H2,1-4H3/p+1. The molecule has 1 N–H and O–H groups in total. The molecule has 8 heteroatoms. The van der Waals surface area contributed by atoms with Gasteiger partial charge in [0.25, 0.3) is 0 Å². The fourth-order valence-electron chi connectivity index (χ4n) is 4.84. The van der Waals surface area contributed by atoms with Crippen LogP contribution < -0.4 is 9.80 Å².